The number of para-hydroxylation sites is 2. The Morgan fingerprint density at radius 3 is 1.50 bits per heavy atom. The molecule has 2 saturated heterocycles. The number of pyridine rings is 4. The molecule has 4 aromatic heterocycles. The number of benzene rings is 2. The highest BCUT2D eigenvalue weighted by Crippen LogP contribution is 2.31. The number of thioether (sulfide) groups is 4. The molecule has 6 aromatic rings. The number of hydrogen-bond acceptors (Lipinski definition) is 16. The molecule has 0 saturated carbocycles. The number of fused-ring (bicyclic) bond motifs is 2. The number of hydrogen-bond donors (Lipinski definition) is 0. The van der Waals surface area contributed by atoms with Crippen molar-refractivity contribution in [3.8, 4) is 0 Å². The molecule has 2 aliphatic rings. The molecule has 2 unspecified atom stereocenters. The fourth-order valence-corrected chi connectivity index (χ4v) is 13.7. The van der Waals surface area contributed by atoms with Gasteiger partial charge in [-0.15, -0.1) is 23.5 Å². The minimum absolute atomic E-state index is 0.0770. The largest absolute Gasteiger partial charge is 0.444 e. The lowest BCUT2D eigenvalue weighted by Gasteiger charge is -2.29. The number of carbonyl (C=O) groups is 2. The molecule has 370 valence electrons. The molecule has 2 aliphatic heterocycles. The predicted molar refractivity (Wildman–Crippen MR) is 292 cm³/mol. The van der Waals surface area contributed by atoms with Crippen LogP contribution in [0, 0.1) is 25.7 Å². The number of piperidine rings is 2. The molecule has 2 atom stereocenters. The summed E-state index contributed by atoms with van der Waals surface area (Å²) in [5, 5.41) is 4.47. The maximum atomic E-state index is 14.1. The predicted octanol–water partition coefficient (Wildman–Crippen LogP) is 10.9. The Hall–Kier alpha value is -4.58. The summed E-state index contributed by atoms with van der Waals surface area (Å²) < 4.78 is 0. The zero-order chi connectivity index (χ0) is 48.7. The van der Waals surface area contributed by atoms with Gasteiger partial charge in [0.05, 0.1) is 59.3 Å². The van der Waals surface area contributed by atoms with Gasteiger partial charge >= 0.3 is 11.9 Å². The Morgan fingerprint density at radius 1 is 0.614 bits per heavy atom. The maximum absolute atomic E-state index is 14.1. The van der Waals surface area contributed by atoms with Gasteiger partial charge in [-0.25, -0.2) is 9.59 Å². The number of anilines is 2. The van der Waals surface area contributed by atoms with E-state index < -0.39 is 11.9 Å². The van der Waals surface area contributed by atoms with Gasteiger partial charge in [-0.1, -0.05) is 36.4 Å². The Kier molecular flexibility index (Phi) is 19.4. The number of hydroxylamine groups is 2. The molecule has 0 N–H and O–H groups in total. The van der Waals surface area contributed by atoms with E-state index in [2.05, 4.69) is 57.4 Å². The van der Waals surface area contributed by atoms with Gasteiger partial charge in [0.15, 0.2) is 0 Å². The number of nitrogens with zero attached hydrogens (tertiary/aromatic N) is 8. The van der Waals surface area contributed by atoms with Crippen LogP contribution in [-0.2, 0) is 32.4 Å². The molecule has 6 heterocycles. The lowest BCUT2D eigenvalue weighted by Crippen LogP contribution is -2.36. The van der Waals surface area contributed by atoms with E-state index in [0.717, 1.165) is 90.4 Å². The third-order valence-electron chi connectivity index (χ3n) is 12.9. The van der Waals surface area contributed by atoms with Gasteiger partial charge in [-0.3, -0.25) is 19.9 Å². The Bertz CT molecular complexity index is 2500. The second-order valence-corrected chi connectivity index (χ2v) is 23.0. The number of carbonyl (C=O) groups excluding carboxylic acids is 2. The molecule has 0 amide bonds. The topological polar surface area (TPSA) is 117 Å². The monoisotopic (exact) mass is 1020 g/mol. The van der Waals surface area contributed by atoms with E-state index in [1.807, 2.05) is 110 Å². The Balaban J connectivity index is 0.942. The van der Waals surface area contributed by atoms with Crippen LogP contribution in [-0.4, -0.2) is 116 Å². The first-order valence-electron chi connectivity index (χ1n) is 24.5. The van der Waals surface area contributed by atoms with Gasteiger partial charge in [-0.05, 0) is 173 Å². The zero-order valence-electron chi connectivity index (χ0n) is 41.0. The summed E-state index contributed by atoms with van der Waals surface area (Å²) in [7, 11) is 4.46. The van der Waals surface area contributed by atoms with E-state index >= 15 is 0 Å². The number of rotatable bonds is 22. The van der Waals surface area contributed by atoms with Gasteiger partial charge in [0.2, 0.25) is 0 Å². The minimum Gasteiger partial charge on any atom is -0.329 e. The van der Waals surface area contributed by atoms with E-state index in [-0.39, 0.29) is 13.1 Å². The van der Waals surface area contributed by atoms with E-state index in [4.69, 9.17) is 19.6 Å². The third kappa shape index (κ3) is 14.8. The van der Waals surface area contributed by atoms with Crippen LogP contribution in [0.5, 0.6) is 0 Å². The van der Waals surface area contributed by atoms with Crippen LogP contribution in [0.4, 0.5) is 11.4 Å². The SMILES string of the molecule is Cc1c(SCCCSCC2CCCN(C)C2)ccnc1CN(OC(=O)C(=O)ON(Cc1nccc(SCCCSCC2CCCN(C)C2)c1C)c1cnc2ccccc2c1)c1cnc2ccccc2c1. The van der Waals surface area contributed by atoms with Crippen molar-refractivity contribution in [3.05, 3.63) is 120 Å². The van der Waals surface area contributed by atoms with Crippen LogP contribution in [0.15, 0.2) is 107 Å². The molecule has 2 fully saturated rings. The Morgan fingerprint density at radius 2 is 1.06 bits per heavy atom. The first-order valence-corrected chi connectivity index (χ1v) is 28.8. The molecule has 2 aromatic carbocycles. The molecule has 0 bridgehead atoms. The van der Waals surface area contributed by atoms with Crippen LogP contribution in [0.2, 0.25) is 0 Å². The molecule has 12 nitrogen and oxygen atoms in total. The molecular weight excluding hydrogens is 953 g/mol. The third-order valence-corrected chi connectivity index (χ3v) is 18.0. The molecule has 8 rings (SSSR count). The second kappa shape index (κ2) is 26.2. The van der Waals surface area contributed by atoms with E-state index in [0.29, 0.717) is 22.8 Å². The fourth-order valence-electron chi connectivity index (χ4n) is 9.05. The standard InChI is InChI=1S/C54H66N8O4S4/c1-39-49(55-21-19-51(39)69-27-11-25-67-37-41-13-9-23-59(3)33-41)35-61(45-29-43-15-5-7-17-47(43)57-31-45)65-53(63)54(64)66-62(46-30-44-16-6-8-18-48(44)58-32-46)36-50-40(2)52(20-22-56-50)70-28-12-26-68-38-42-14-10-24-60(4)34-42/h5-8,15-22,29-32,41-42H,9-14,23-28,33-38H2,1-4H3. The first-order chi connectivity index (χ1) is 34.2. The van der Waals surface area contributed by atoms with Gasteiger partial charge in [0.25, 0.3) is 0 Å². The van der Waals surface area contributed by atoms with Crippen LogP contribution in [0.3, 0.4) is 0 Å². The summed E-state index contributed by atoms with van der Waals surface area (Å²) in [5.74, 6) is 5.86. The van der Waals surface area contributed by atoms with Gasteiger partial charge in [-0.2, -0.15) is 33.7 Å². The zero-order valence-corrected chi connectivity index (χ0v) is 44.2. The van der Waals surface area contributed by atoms with Crippen molar-refractivity contribution >= 4 is 92.2 Å². The summed E-state index contributed by atoms with van der Waals surface area (Å²) in [6.07, 6.45) is 14.3. The summed E-state index contributed by atoms with van der Waals surface area (Å²) >= 11 is 7.77. The van der Waals surface area contributed by atoms with Crippen LogP contribution < -0.4 is 10.1 Å². The van der Waals surface area contributed by atoms with Gasteiger partial charge < -0.3 is 19.5 Å². The smallest absolute Gasteiger partial charge is 0.329 e. The fraction of sp³-hybridized carbons (Fsp3) is 0.444. The van der Waals surface area contributed by atoms with Crippen molar-refractivity contribution in [2.24, 2.45) is 11.8 Å². The van der Waals surface area contributed by atoms with E-state index in [9.17, 15) is 9.59 Å². The summed E-state index contributed by atoms with van der Waals surface area (Å²) in [4.78, 5) is 66.1. The van der Waals surface area contributed by atoms with Crippen molar-refractivity contribution < 1.29 is 19.3 Å². The van der Waals surface area contributed by atoms with Crippen LogP contribution >= 0.6 is 47.0 Å². The van der Waals surface area contributed by atoms with Gasteiger partial charge in [0, 0.05) is 46.0 Å². The molecule has 0 spiro atoms. The second-order valence-electron chi connectivity index (χ2n) is 18.5. The lowest BCUT2D eigenvalue weighted by atomic mass is 10.0. The van der Waals surface area contributed by atoms with Crippen LogP contribution in [0.1, 0.15) is 61.0 Å². The number of aromatic nitrogens is 4. The maximum Gasteiger partial charge on any atom is 0.444 e. The van der Waals surface area contributed by atoms with E-state index in [1.165, 1.54) is 73.5 Å². The summed E-state index contributed by atoms with van der Waals surface area (Å²) in [6.45, 7) is 9.08. The molecule has 70 heavy (non-hydrogen) atoms. The average molecular weight is 1020 g/mol. The molecule has 16 heteroatoms. The van der Waals surface area contributed by atoms with E-state index in [1.54, 1.807) is 24.8 Å². The first kappa shape index (κ1) is 51.8. The minimum atomic E-state index is -1.20. The summed E-state index contributed by atoms with van der Waals surface area (Å²) in [5.41, 5.74) is 5.95. The van der Waals surface area contributed by atoms with Crippen molar-refractivity contribution in [2.45, 2.75) is 75.3 Å². The Labute approximate surface area is 430 Å². The molecule has 0 aliphatic carbocycles. The van der Waals surface area contributed by atoms with Crippen molar-refractivity contribution in [3.63, 3.8) is 0 Å². The summed E-state index contributed by atoms with van der Waals surface area (Å²) in [6, 6.07) is 23.3. The molecular formula is C54H66N8O4S4. The highest BCUT2D eigenvalue weighted by molar-refractivity contribution is 8.00. The van der Waals surface area contributed by atoms with Crippen molar-refractivity contribution in [1.82, 2.24) is 29.7 Å². The normalized spacial score (nSPS) is 16.6. The van der Waals surface area contributed by atoms with Gasteiger partial charge in [0.1, 0.15) is 0 Å². The number of likely N-dealkylation sites (tertiary alicyclic amines) is 2. The quantitative estimate of drug-likeness (QED) is 0.0278. The van der Waals surface area contributed by atoms with Crippen molar-refractivity contribution in [2.75, 3.05) is 84.9 Å². The van der Waals surface area contributed by atoms with Crippen molar-refractivity contribution in [1.29, 1.82) is 0 Å². The average Bonchev–Trinajstić information content (AvgIpc) is 3.37. The molecule has 0 radical (unpaired) electrons. The highest BCUT2D eigenvalue weighted by Gasteiger charge is 2.28. The lowest BCUT2D eigenvalue weighted by molar-refractivity contribution is -0.170. The van der Waals surface area contributed by atoms with Crippen LogP contribution in [0.25, 0.3) is 21.8 Å². The highest BCUT2D eigenvalue weighted by atomic mass is 32.2.